The smallest absolute Gasteiger partial charge is 0.0664 e. The second-order valence-electron chi connectivity index (χ2n) is 14.0. The Kier molecular flexibility index (Phi) is 6.98. The van der Waals surface area contributed by atoms with Crippen molar-refractivity contribution >= 4 is 45.3 Å². The number of hydrogen-bond acceptors (Lipinski definition) is 1. The molecule has 1 heterocycles. The molecule has 0 aliphatic heterocycles. The summed E-state index contributed by atoms with van der Waals surface area (Å²) in [5.74, 6) is 0. The van der Waals surface area contributed by atoms with Crippen molar-refractivity contribution in [2.45, 2.75) is 38.5 Å². The van der Waals surface area contributed by atoms with E-state index in [0.717, 1.165) is 44.2 Å². The maximum absolute atomic E-state index is 4.67. The number of allylic oxidation sites excluding steroid dienone is 3. The lowest BCUT2D eigenvalue weighted by Crippen LogP contribution is -2.03. The Balaban J connectivity index is 1.09. The molecule has 10 rings (SSSR count). The maximum atomic E-state index is 4.67. The first-order valence-electron chi connectivity index (χ1n) is 18.1. The van der Waals surface area contributed by atoms with E-state index in [2.05, 4.69) is 145 Å². The minimum absolute atomic E-state index is 1.03. The van der Waals surface area contributed by atoms with Gasteiger partial charge in [0, 0.05) is 6.20 Å². The van der Waals surface area contributed by atoms with E-state index in [1.807, 2.05) is 12.3 Å². The fourth-order valence-electron chi connectivity index (χ4n) is 8.77. The van der Waals surface area contributed by atoms with E-state index in [1.54, 1.807) is 0 Å². The zero-order valence-corrected chi connectivity index (χ0v) is 28.1. The average Bonchev–Trinajstić information content (AvgIpc) is 3.19. The number of nitrogens with zero attached hydrogens (tertiary/aromatic N) is 1. The summed E-state index contributed by atoms with van der Waals surface area (Å²) in [6.07, 6.45) is 20.0. The molecule has 0 radical (unpaired) electrons. The highest BCUT2D eigenvalue weighted by Gasteiger charge is 2.23. The number of benzene rings is 6. The first-order chi connectivity index (χ1) is 24.8. The Bertz CT molecular complexity index is 2580. The van der Waals surface area contributed by atoms with Crippen molar-refractivity contribution in [2.75, 3.05) is 0 Å². The zero-order chi connectivity index (χ0) is 33.0. The van der Waals surface area contributed by atoms with Gasteiger partial charge in [0.2, 0.25) is 0 Å². The third kappa shape index (κ3) is 4.80. The van der Waals surface area contributed by atoms with Gasteiger partial charge in [-0.3, -0.25) is 4.98 Å². The van der Waals surface area contributed by atoms with Crippen LogP contribution < -0.4 is 0 Å². The van der Waals surface area contributed by atoms with Gasteiger partial charge in [-0.25, -0.2) is 0 Å². The lowest BCUT2D eigenvalue weighted by atomic mass is 9.79. The van der Waals surface area contributed by atoms with Gasteiger partial charge in [-0.2, -0.15) is 0 Å². The zero-order valence-electron chi connectivity index (χ0n) is 28.1. The van der Waals surface area contributed by atoms with Crippen LogP contribution in [-0.4, -0.2) is 4.98 Å². The van der Waals surface area contributed by atoms with Crippen LogP contribution in [0.4, 0.5) is 0 Å². The van der Waals surface area contributed by atoms with Crippen LogP contribution in [0.25, 0.3) is 78.7 Å². The van der Waals surface area contributed by atoms with Gasteiger partial charge in [0.25, 0.3) is 0 Å². The lowest BCUT2D eigenvalue weighted by Gasteiger charge is -2.24. The van der Waals surface area contributed by atoms with Crippen LogP contribution in [0.2, 0.25) is 0 Å². The molecule has 0 spiro atoms. The SMILES string of the molecule is C1=Cc2ccc(-c3c4c(c(-c5ccc(-c6ccc(C7=Cc8ncccc8CC7)c7ccccc67)cc5)c5ccccc35)C=CCC4)cc2CC1. The predicted octanol–water partition coefficient (Wildman–Crippen LogP) is 12.8. The molecule has 7 aromatic rings. The van der Waals surface area contributed by atoms with Gasteiger partial charge in [0.15, 0.2) is 0 Å². The van der Waals surface area contributed by atoms with Gasteiger partial charge in [-0.1, -0.05) is 133 Å². The van der Waals surface area contributed by atoms with Gasteiger partial charge in [0.1, 0.15) is 0 Å². The largest absolute Gasteiger partial charge is 0.257 e. The summed E-state index contributed by atoms with van der Waals surface area (Å²) in [7, 11) is 0. The molecule has 1 heteroatoms. The minimum Gasteiger partial charge on any atom is -0.257 e. The summed E-state index contributed by atoms with van der Waals surface area (Å²) in [5, 5.41) is 5.27. The Morgan fingerprint density at radius 3 is 2.04 bits per heavy atom. The number of pyridine rings is 1. The first-order valence-corrected chi connectivity index (χ1v) is 18.1. The molecule has 0 fully saturated rings. The van der Waals surface area contributed by atoms with Crippen molar-refractivity contribution in [1.29, 1.82) is 0 Å². The van der Waals surface area contributed by atoms with Crippen molar-refractivity contribution in [3.8, 4) is 33.4 Å². The Morgan fingerprint density at radius 1 is 0.480 bits per heavy atom. The molecule has 0 saturated carbocycles. The molecule has 0 N–H and O–H groups in total. The summed E-state index contributed by atoms with van der Waals surface area (Å²) in [5.41, 5.74) is 18.7. The highest BCUT2D eigenvalue weighted by Crippen LogP contribution is 2.46. The minimum atomic E-state index is 1.03. The van der Waals surface area contributed by atoms with E-state index in [-0.39, 0.29) is 0 Å². The number of hydrogen-bond donors (Lipinski definition) is 0. The van der Waals surface area contributed by atoms with Gasteiger partial charge in [-0.15, -0.1) is 0 Å². The van der Waals surface area contributed by atoms with Crippen molar-refractivity contribution < 1.29 is 0 Å². The quantitative estimate of drug-likeness (QED) is 0.187. The summed E-state index contributed by atoms with van der Waals surface area (Å²) in [4.78, 5) is 4.67. The van der Waals surface area contributed by atoms with Crippen LogP contribution in [-0.2, 0) is 19.3 Å². The van der Waals surface area contributed by atoms with Crippen LogP contribution in [0.5, 0.6) is 0 Å². The third-order valence-corrected chi connectivity index (χ3v) is 11.2. The number of aromatic nitrogens is 1. The fourth-order valence-corrected chi connectivity index (χ4v) is 8.77. The van der Waals surface area contributed by atoms with E-state index >= 15 is 0 Å². The molecule has 0 atom stereocenters. The predicted molar refractivity (Wildman–Crippen MR) is 213 cm³/mol. The summed E-state index contributed by atoms with van der Waals surface area (Å²) < 4.78 is 0. The molecule has 238 valence electrons. The van der Waals surface area contributed by atoms with Crippen molar-refractivity contribution in [3.05, 3.63) is 173 Å². The van der Waals surface area contributed by atoms with Gasteiger partial charge < -0.3 is 0 Å². The van der Waals surface area contributed by atoms with Crippen molar-refractivity contribution in [1.82, 2.24) is 4.98 Å². The van der Waals surface area contributed by atoms with Gasteiger partial charge in [-0.05, 0) is 145 Å². The van der Waals surface area contributed by atoms with E-state index in [9.17, 15) is 0 Å². The maximum Gasteiger partial charge on any atom is 0.0664 e. The molecular formula is C49H37N. The molecule has 0 amide bonds. The van der Waals surface area contributed by atoms with E-state index in [1.165, 1.54) is 93.9 Å². The molecule has 1 aromatic heterocycles. The summed E-state index contributed by atoms with van der Waals surface area (Å²) in [6.45, 7) is 0. The molecule has 0 saturated heterocycles. The second kappa shape index (κ2) is 12.0. The van der Waals surface area contributed by atoms with Gasteiger partial charge >= 0.3 is 0 Å². The van der Waals surface area contributed by atoms with Crippen LogP contribution in [0.15, 0.2) is 134 Å². The molecule has 0 unspecified atom stereocenters. The third-order valence-electron chi connectivity index (χ3n) is 11.2. The average molecular weight is 640 g/mol. The van der Waals surface area contributed by atoms with Crippen LogP contribution in [0, 0.1) is 0 Å². The van der Waals surface area contributed by atoms with E-state index in [0.29, 0.717) is 0 Å². The topological polar surface area (TPSA) is 12.9 Å². The molecule has 3 aliphatic rings. The Morgan fingerprint density at radius 2 is 1.18 bits per heavy atom. The first kappa shape index (κ1) is 29.2. The van der Waals surface area contributed by atoms with Crippen LogP contribution in [0.1, 0.15) is 58.3 Å². The number of rotatable bonds is 4. The molecule has 3 aliphatic carbocycles. The summed E-state index contributed by atoms with van der Waals surface area (Å²) in [6, 6.07) is 43.4. The Hall–Kier alpha value is -5.79. The molecular weight excluding hydrogens is 603 g/mol. The molecule has 0 bridgehead atoms. The molecule has 1 nitrogen and oxygen atoms in total. The van der Waals surface area contributed by atoms with Crippen LogP contribution >= 0.6 is 0 Å². The van der Waals surface area contributed by atoms with Crippen molar-refractivity contribution in [3.63, 3.8) is 0 Å². The highest BCUT2D eigenvalue weighted by atomic mass is 14.7. The lowest BCUT2D eigenvalue weighted by molar-refractivity contribution is 0.980. The normalized spacial score (nSPS) is 14.7. The Labute approximate surface area is 294 Å². The second-order valence-corrected chi connectivity index (χ2v) is 14.0. The van der Waals surface area contributed by atoms with E-state index in [4.69, 9.17) is 0 Å². The molecule has 50 heavy (non-hydrogen) atoms. The number of aryl methyl sites for hydroxylation is 2. The van der Waals surface area contributed by atoms with Gasteiger partial charge in [0.05, 0.1) is 5.69 Å². The highest BCUT2D eigenvalue weighted by molar-refractivity contribution is 6.10. The van der Waals surface area contributed by atoms with E-state index < -0.39 is 0 Å². The van der Waals surface area contributed by atoms with Crippen molar-refractivity contribution in [2.24, 2.45) is 0 Å². The monoisotopic (exact) mass is 639 g/mol. The standard InChI is InChI=1S/C49H37N/c1-2-11-36-30-38(26-19-32(36)10-1)49-45-17-7-5-15-43(45)48(44-16-6-8-18-46(44)49)35-23-20-33(21-24-35)39-27-28-40(42-14-4-3-13-41(39)42)37-25-22-34-12-9-29-50-47(34)31-37/h1,3-7,9-10,12-17,19-21,23-24,26-31H,2,8,11,18,22,25H2. The fraction of sp³-hybridized carbons (Fsp3) is 0.122. The number of fused-ring (bicyclic) bond motifs is 5. The molecule has 6 aromatic carbocycles. The summed E-state index contributed by atoms with van der Waals surface area (Å²) >= 11 is 0. The van der Waals surface area contributed by atoms with Crippen LogP contribution in [0.3, 0.4) is 0 Å².